The number of nitrogens with one attached hydrogen (secondary N) is 1. The molecule has 82 valence electrons. The number of nitrogens with zero attached hydrogens (tertiary/aromatic N) is 1. The van der Waals surface area contributed by atoms with Gasteiger partial charge in [-0.25, -0.2) is 0 Å². The lowest BCUT2D eigenvalue weighted by molar-refractivity contribution is 0.143. The molecule has 2 saturated heterocycles. The second-order valence-electron chi connectivity index (χ2n) is 4.94. The Hall–Kier alpha value is -0.0800. The van der Waals surface area contributed by atoms with Gasteiger partial charge in [-0.3, -0.25) is 4.90 Å². The molecule has 2 fully saturated rings. The standard InChI is InChI=1S/C12H24N2/c1-3-12-5-4-8-14(12)10(2)11-6-7-13-9-11/h10-13H,3-9H2,1-2H3. The quantitative estimate of drug-likeness (QED) is 0.741. The molecule has 0 aromatic carbocycles. The molecule has 0 amide bonds. The molecule has 2 aliphatic rings. The van der Waals surface area contributed by atoms with Crippen LogP contribution < -0.4 is 5.32 Å². The van der Waals surface area contributed by atoms with E-state index in [1.807, 2.05) is 0 Å². The summed E-state index contributed by atoms with van der Waals surface area (Å²) in [5.74, 6) is 0.905. The Morgan fingerprint density at radius 2 is 2.29 bits per heavy atom. The molecular weight excluding hydrogens is 172 g/mol. The molecule has 3 atom stereocenters. The Kier molecular flexibility index (Phi) is 3.45. The molecule has 0 aliphatic carbocycles. The lowest BCUT2D eigenvalue weighted by Gasteiger charge is -2.33. The van der Waals surface area contributed by atoms with Gasteiger partial charge in [-0.1, -0.05) is 6.92 Å². The molecule has 3 unspecified atom stereocenters. The molecule has 0 saturated carbocycles. The lowest BCUT2D eigenvalue weighted by Crippen LogP contribution is -2.42. The second-order valence-corrected chi connectivity index (χ2v) is 4.94. The van der Waals surface area contributed by atoms with Gasteiger partial charge in [0.2, 0.25) is 0 Å². The summed E-state index contributed by atoms with van der Waals surface area (Å²) >= 11 is 0. The Morgan fingerprint density at radius 1 is 1.43 bits per heavy atom. The van der Waals surface area contributed by atoms with Crippen molar-refractivity contribution in [2.45, 2.75) is 51.6 Å². The van der Waals surface area contributed by atoms with Crippen molar-refractivity contribution in [3.8, 4) is 0 Å². The maximum Gasteiger partial charge on any atom is 0.0111 e. The van der Waals surface area contributed by atoms with Gasteiger partial charge in [0.25, 0.3) is 0 Å². The fourth-order valence-corrected chi connectivity index (χ4v) is 3.19. The number of hydrogen-bond acceptors (Lipinski definition) is 2. The van der Waals surface area contributed by atoms with Gasteiger partial charge in [-0.15, -0.1) is 0 Å². The minimum absolute atomic E-state index is 0.803. The third-order valence-corrected chi connectivity index (χ3v) is 4.20. The zero-order chi connectivity index (χ0) is 9.97. The summed E-state index contributed by atoms with van der Waals surface area (Å²) < 4.78 is 0. The van der Waals surface area contributed by atoms with E-state index < -0.39 is 0 Å². The molecule has 0 spiro atoms. The van der Waals surface area contributed by atoms with E-state index >= 15 is 0 Å². The summed E-state index contributed by atoms with van der Waals surface area (Å²) in [6, 6.07) is 1.68. The molecule has 0 radical (unpaired) electrons. The molecule has 2 rings (SSSR count). The molecule has 0 aromatic heterocycles. The summed E-state index contributed by atoms with van der Waals surface area (Å²) in [4.78, 5) is 2.76. The van der Waals surface area contributed by atoms with Gasteiger partial charge in [0, 0.05) is 12.1 Å². The van der Waals surface area contributed by atoms with Crippen LogP contribution in [0.25, 0.3) is 0 Å². The first-order valence-corrected chi connectivity index (χ1v) is 6.29. The van der Waals surface area contributed by atoms with Gasteiger partial charge in [0.05, 0.1) is 0 Å². The topological polar surface area (TPSA) is 15.3 Å². The first-order valence-electron chi connectivity index (χ1n) is 6.29. The van der Waals surface area contributed by atoms with Crippen LogP contribution in [0.3, 0.4) is 0 Å². The van der Waals surface area contributed by atoms with Crippen molar-refractivity contribution in [1.82, 2.24) is 10.2 Å². The van der Waals surface area contributed by atoms with Crippen LogP contribution in [0.1, 0.15) is 39.5 Å². The van der Waals surface area contributed by atoms with Crippen LogP contribution in [0, 0.1) is 5.92 Å². The van der Waals surface area contributed by atoms with Crippen LogP contribution in [0.5, 0.6) is 0 Å². The lowest BCUT2D eigenvalue weighted by atomic mass is 9.98. The number of hydrogen-bond donors (Lipinski definition) is 1. The van der Waals surface area contributed by atoms with E-state index in [1.165, 1.54) is 45.3 Å². The maximum absolute atomic E-state index is 3.48. The van der Waals surface area contributed by atoms with Gasteiger partial charge in [-0.2, -0.15) is 0 Å². The van der Waals surface area contributed by atoms with Crippen LogP contribution in [-0.4, -0.2) is 36.6 Å². The predicted molar refractivity (Wildman–Crippen MR) is 60.5 cm³/mol. The maximum atomic E-state index is 3.48. The third kappa shape index (κ3) is 1.96. The van der Waals surface area contributed by atoms with Gasteiger partial charge in [0.15, 0.2) is 0 Å². The Bertz CT molecular complexity index is 175. The average molecular weight is 196 g/mol. The van der Waals surface area contributed by atoms with E-state index in [-0.39, 0.29) is 0 Å². The van der Waals surface area contributed by atoms with E-state index in [0.717, 1.165) is 18.0 Å². The number of likely N-dealkylation sites (tertiary alicyclic amines) is 1. The summed E-state index contributed by atoms with van der Waals surface area (Å²) in [6.07, 6.45) is 5.57. The molecular formula is C12H24N2. The third-order valence-electron chi connectivity index (χ3n) is 4.20. The van der Waals surface area contributed by atoms with E-state index in [2.05, 4.69) is 24.1 Å². The molecule has 2 heterocycles. The van der Waals surface area contributed by atoms with Crippen LogP contribution in [-0.2, 0) is 0 Å². The monoisotopic (exact) mass is 196 g/mol. The predicted octanol–water partition coefficient (Wildman–Crippen LogP) is 1.86. The van der Waals surface area contributed by atoms with Crippen LogP contribution in [0.15, 0.2) is 0 Å². The van der Waals surface area contributed by atoms with Crippen molar-refractivity contribution in [3.63, 3.8) is 0 Å². The van der Waals surface area contributed by atoms with Crippen molar-refractivity contribution in [3.05, 3.63) is 0 Å². The van der Waals surface area contributed by atoms with Crippen molar-refractivity contribution in [2.75, 3.05) is 19.6 Å². The van der Waals surface area contributed by atoms with Gasteiger partial charge in [-0.05, 0) is 58.2 Å². The Morgan fingerprint density at radius 3 is 2.93 bits per heavy atom. The zero-order valence-electron chi connectivity index (χ0n) is 9.63. The van der Waals surface area contributed by atoms with Gasteiger partial charge < -0.3 is 5.32 Å². The van der Waals surface area contributed by atoms with Crippen molar-refractivity contribution < 1.29 is 0 Å². The van der Waals surface area contributed by atoms with E-state index in [1.54, 1.807) is 0 Å². The first-order chi connectivity index (χ1) is 6.83. The van der Waals surface area contributed by atoms with Crippen LogP contribution >= 0.6 is 0 Å². The SMILES string of the molecule is CCC1CCCN1C(C)C1CCNC1. The van der Waals surface area contributed by atoms with Crippen molar-refractivity contribution >= 4 is 0 Å². The van der Waals surface area contributed by atoms with E-state index in [0.29, 0.717) is 0 Å². The van der Waals surface area contributed by atoms with Gasteiger partial charge in [0.1, 0.15) is 0 Å². The largest absolute Gasteiger partial charge is 0.316 e. The highest BCUT2D eigenvalue weighted by molar-refractivity contribution is 4.88. The normalized spacial score (nSPS) is 36.4. The van der Waals surface area contributed by atoms with Gasteiger partial charge >= 0.3 is 0 Å². The highest BCUT2D eigenvalue weighted by Crippen LogP contribution is 2.27. The molecule has 14 heavy (non-hydrogen) atoms. The molecule has 0 aromatic rings. The van der Waals surface area contributed by atoms with E-state index in [9.17, 15) is 0 Å². The summed E-state index contributed by atoms with van der Waals surface area (Å²) in [6.45, 7) is 8.60. The summed E-state index contributed by atoms with van der Waals surface area (Å²) in [5, 5.41) is 3.48. The molecule has 0 bridgehead atoms. The highest BCUT2D eigenvalue weighted by Gasteiger charge is 2.32. The van der Waals surface area contributed by atoms with Crippen molar-refractivity contribution in [1.29, 1.82) is 0 Å². The van der Waals surface area contributed by atoms with Crippen LogP contribution in [0.2, 0.25) is 0 Å². The number of rotatable bonds is 3. The molecule has 1 N–H and O–H groups in total. The minimum atomic E-state index is 0.803. The summed E-state index contributed by atoms with van der Waals surface area (Å²) in [7, 11) is 0. The Labute approximate surface area is 88.1 Å². The fourth-order valence-electron chi connectivity index (χ4n) is 3.19. The first kappa shape index (κ1) is 10.4. The summed E-state index contributed by atoms with van der Waals surface area (Å²) in [5.41, 5.74) is 0. The highest BCUT2D eigenvalue weighted by atomic mass is 15.2. The molecule has 2 aliphatic heterocycles. The molecule has 2 nitrogen and oxygen atoms in total. The van der Waals surface area contributed by atoms with Crippen LogP contribution in [0.4, 0.5) is 0 Å². The average Bonchev–Trinajstić information content (AvgIpc) is 2.87. The minimum Gasteiger partial charge on any atom is -0.316 e. The Balaban J connectivity index is 1.92. The van der Waals surface area contributed by atoms with Crippen molar-refractivity contribution in [2.24, 2.45) is 5.92 Å². The zero-order valence-corrected chi connectivity index (χ0v) is 9.63. The smallest absolute Gasteiger partial charge is 0.0111 e. The fraction of sp³-hybridized carbons (Fsp3) is 1.00. The van der Waals surface area contributed by atoms with E-state index in [4.69, 9.17) is 0 Å². The second kappa shape index (κ2) is 4.63. The molecule has 2 heteroatoms.